The van der Waals surface area contributed by atoms with Crippen LogP contribution in [0.25, 0.3) is 0 Å². The number of nitrogen functional groups attached to an aromatic ring is 1. The number of nitrogens with one attached hydrogen (secondary N) is 1. The number of benzene rings is 1. The summed E-state index contributed by atoms with van der Waals surface area (Å²) in [4.78, 5) is 11.9. The van der Waals surface area contributed by atoms with Gasteiger partial charge < -0.3 is 15.8 Å². The minimum absolute atomic E-state index is 0.0461. The number of rotatable bonds is 7. The number of carbonyl (C=O) groups is 1. The maximum absolute atomic E-state index is 11.9. The second-order valence-electron chi connectivity index (χ2n) is 5.51. The maximum atomic E-state index is 11.9. The molecule has 1 saturated carbocycles. The van der Waals surface area contributed by atoms with Gasteiger partial charge in [0.1, 0.15) is 5.75 Å². The summed E-state index contributed by atoms with van der Waals surface area (Å²) in [6.45, 7) is 1.12. The van der Waals surface area contributed by atoms with E-state index in [0.717, 1.165) is 6.54 Å². The van der Waals surface area contributed by atoms with Crippen LogP contribution >= 0.6 is 11.8 Å². The van der Waals surface area contributed by atoms with Crippen molar-refractivity contribution >= 4 is 23.4 Å². The average Bonchev–Trinajstić information content (AvgIpc) is 2.97. The molecule has 1 fully saturated rings. The summed E-state index contributed by atoms with van der Waals surface area (Å²) < 4.78 is 5.79. The van der Waals surface area contributed by atoms with Crippen molar-refractivity contribution in [3.63, 3.8) is 0 Å². The van der Waals surface area contributed by atoms with Gasteiger partial charge in [0, 0.05) is 11.3 Å². The Balaban J connectivity index is 1.69. The van der Waals surface area contributed by atoms with Crippen molar-refractivity contribution in [3.8, 4) is 5.75 Å². The Hall–Kier alpha value is -1.36. The van der Waals surface area contributed by atoms with Gasteiger partial charge in [0.15, 0.2) is 0 Å². The van der Waals surface area contributed by atoms with E-state index in [1.807, 2.05) is 30.0 Å². The van der Waals surface area contributed by atoms with Gasteiger partial charge in [0.2, 0.25) is 5.91 Å². The molecular weight excluding hydrogens is 284 g/mol. The van der Waals surface area contributed by atoms with E-state index in [1.54, 1.807) is 6.07 Å². The van der Waals surface area contributed by atoms with Crippen LogP contribution in [0.4, 0.5) is 5.69 Å². The fourth-order valence-electron chi connectivity index (χ4n) is 2.69. The van der Waals surface area contributed by atoms with Gasteiger partial charge in [-0.1, -0.05) is 25.0 Å². The lowest BCUT2D eigenvalue weighted by Crippen LogP contribution is -2.38. The van der Waals surface area contributed by atoms with Crippen molar-refractivity contribution in [1.29, 1.82) is 0 Å². The van der Waals surface area contributed by atoms with Gasteiger partial charge in [-0.15, -0.1) is 0 Å². The number of hydrogen-bond acceptors (Lipinski definition) is 4. The van der Waals surface area contributed by atoms with Crippen LogP contribution in [0.3, 0.4) is 0 Å². The van der Waals surface area contributed by atoms with Crippen molar-refractivity contribution < 1.29 is 9.53 Å². The number of thioether (sulfide) groups is 1. The smallest absolute Gasteiger partial charge is 0.223 e. The molecule has 0 aliphatic heterocycles. The third kappa shape index (κ3) is 4.56. The molecule has 1 aliphatic carbocycles. The molecule has 5 heteroatoms. The Morgan fingerprint density at radius 2 is 2.10 bits per heavy atom. The largest absolute Gasteiger partial charge is 0.491 e. The van der Waals surface area contributed by atoms with Crippen LogP contribution in [0, 0.1) is 0 Å². The number of amides is 1. The average molecular weight is 308 g/mol. The van der Waals surface area contributed by atoms with Crippen molar-refractivity contribution in [2.24, 2.45) is 0 Å². The van der Waals surface area contributed by atoms with E-state index in [2.05, 4.69) is 11.6 Å². The van der Waals surface area contributed by atoms with Gasteiger partial charge in [0.25, 0.3) is 0 Å². The first-order valence-corrected chi connectivity index (χ1v) is 8.67. The SMILES string of the molecule is CSC1(CNC(=O)CCOc2ccccc2N)CCCC1. The highest BCUT2D eigenvalue weighted by atomic mass is 32.2. The predicted molar refractivity (Wildman–Crippen MR) is 88.7 cm³/mol. The highest BCUT2D eigenvalue weighted by molar-refractivity contribution is 8.00. The molecule has 1 aromatic rings. The van der Waals surface area contributed by atoms with Gasteiger partial charge in [-0.2, -0.15) is 11.8 Å². The lowest BCUT2D eigenvalue weighted by Gasteiger charge is -2.26. The fourth-order valence-corrected chi connectivity index (χ4v) is 3.60. The van der Waals surface area contributed by atoms with Gasteiger partial charge >= 0.3 is 0 Å². The van der Waals surface area contributed by atoms with E-state index in [-0.39, 0.29) is 10.7 Å². The quantitative estimate of drug-likeness (QED) is 0.760. The molecule has 3 N–H and O–H groups in total. The molecule has 1 amide bonds. The standard InChI is InChI=1S/C16H24N2O2S/c1-21-16(9-4-5-10-16)12-18-15(19)8-11-20-14-7-3-2-6-13(14)17/h2-3,6-7H,4-5,8-12,17H2,1H3,(H,18,19). The molecule has 21 heavy (non-hydrogen) atoms. The number of ether oxygens (including phenoxy) is 1. The minimum atomic E-state index is 0.0461. The van der Waals surface area contributed by atoms with Crippen LogP contribution in [0.15, 0.2) is 24.3 Å². The Morgan fingerprint density at radius 1 is 1.38 bits per heavy atom. The van der Waals surface area contributed by atoms with Crippen LogP contribution < -0.4 is 15.8 Å². The first kappa shape index (κ1) is 16.0. The van der Waals surface area contributed by atoms with Crippen molar-refractivity contribution in [3.05, 3.63) is 24.3 Å². The first-order chi connectivity index (χ1) is 10.2. The zero-order chi connectivity index (χ0) is 15.1. The molecule has 0 heterocycles. The number of nitrogens with two attached hydrogens (primary N) is 1. The van der Waals surface area contributed by atoms with E-state index >= 15 is 0 Å². The van der Waals surface area contributed by atoms with Gasteiger partial charge in [0.05, 0.1) is 18.7 Å². The second kappa shape index (κ2) is 7.59. The highest BCUT2D eigenvalue weighted by Gasteiger charge is 2.33. The molecule has 1 aromatic carbocycles. The summed E-state index contributed by atoms with van der Waals surface area (Å²) in [7, 11) is 0. The number of hydrogen-bond donors (Lipinski definition) is 2. The molecule has 0 unspecified atom stereocenters. The third-order valence-corrected chi connectivity index (χ3v) is 5.48. The predicted octanol–water partition coefficient (Wildman–Crippen LogP) is 2.83. The summed E-state index contributed by atoms with van der Waals surface area (Å²) in [6.07, 6.45) is 7.44. The molecule has 0 saturated heterocycles. The topological polar surface area (TPSA) is 64.3 Å². The van der Waals surface area contributed by atoms with Gasteiger partial charge in [-0.3, -0.25) is 4.79 Å². The summed E-state index contributed by atoms with van der Waals surface area (Å²) in [5, 5.41) is 3.05. The van der Waals surface area contributed by atoms with E-state index in [0.29, 0.717) is 24.5 Å². The molecule has 1 aliphatic rings. The summed E-state index contributed by atoms with van der Waals surface area (Å²) >= 11 is 1.88. The van der Waals surface area contributed by atoms with Crippen molar-refractivity contribution in [2.75, 3.05) is 25.1 Å². The van der Waals surface area contributed by atoms with Crippen LogP contribution in [0.1, 0.15) is 32.1 Å². The molecule has 2 rings (SSSR count). The minimum Gasteiger partial charge on any atom is -0.491 e. The van der Waals surface area contributed by atoms with Crippen molar-refractivity contribution in [1.82, 2.24) is 5.32 Å². The molecule has 0 radical (unpaired) electrons. The summed E-state index contributed by atoms with van der Waals surface area (Å²) in [5.41, 5.74) is 6.39. The maximum Gasteiger partial charge on any atom is 0.223 e. The van der Waals surface area contributed by atoms with Crippen LogP contribution in [-0.4, -0.2) is 30.1 Å². The van der Waals surface area contributed by atoms with Gasteiger partial charge in [-0.25, -0.2) is 0 Å². The normalized spacial score (nSPS) is 16.6. The number of para-hydroxylation sites is 2. The molecule has 0 aromatic heterocycles. The molecule has 0 atom stereocenters. The van der Waals surface area contributed by atoms with Crippen LogP contribution in [-0.2, 0) is 4.79 Å². The first-order valence-electron chi connectivity index (χ1n) is 7.44. The zero-order valence-electron chi connectivity index (χ0n) is 12.6. The van der Waals surface area contributed by atoms with E-state index < -0.39 is 0 Å². The van der Waals surface area contributed by atoms with E-state index in [4.69, 9.17) is 10.5 Å². The Bertz CT molecular complexity index is 473. The highest BCUT2D eigenvalue weighted by Crippen LogP contribution is 2.39. The van der Waals surface area contributed by atoms with E-state index in [1.165, 1.54) is 25.7 Å². The van der Waals surface area contributed by atoms with Crippen LogP contribution in [0.5, 0.6) is 5.75 Å². The fraction of sp³-hybridized carbons (Fsp3) is 0.562. The van der Waals surface area contributed by atoms with E-state index in [9.17, 15) is 4.79 Å². The molecular formula is C16H24N2O2S. The second-order valence-corrected chi connectivity index (χ2v) is 6.78. The van der Waals surface area contributed by atoms with Crippen molar-refractivity contribution in [2.45, 2.75) is 36.9 Å². The molecule has 0 bridgehead atoms. The van der Waals surface area contributed by atoms with Crippen LogP contribution in [0.2, 0.25) is 0 Å². The Kier molecular flexibility index (Phi) is 5.79. The Labute approximate surface area is 130 Å². The summed E-state index contributed by atoms with van der Waals surface area (Å²) in [6, 6.07) is 7.33. The van der Waals surface area contributed by atoms with Gasteiger partial charge in [-0.05, 0) is 31.2 Å². The lowest BCUT2D eigenvalue weighted by molar-refractivity contribution is -0.121. The zero-order valence-corrected chi connectivity index (χ0v) is 13.4. The number of carbonyl (C=O) groups excluding carboxylic acids is 1. The number of anilines is 1. The third-order valence-electron chi connectivity index (χ3n) is 4.06. The lowest BCUT2D eigenvalue weighted by atomic mass is 10.1. The molecule has 4 nitrogen and oxygen atoms in total. The monoisotopic (exact) mass is 308 g/mol. The Morgan fingerprint density at radius 3 is 2.76 bits per heavy atom. The molecule has 116 valence electrons. The molecule has 0 spiro atoms. The summed E-state index contributed by atoms with van der Waals surface area (Å²) in [5.74, 6) is 0.687.